The summed E-state index contributed by atoms with van der Waals surface area (Å²) in [5.41, 5.74) is 0.769. The minimum Gasteiger partial charge on any atom is -0.391 e. The summed E-state index contributed by atoms with van der Waals surface area (Å²) in [7, 11) is 0. The van der Waals surface area contributed by atoms with Gasteiger partial charge < -0.3 is 5.11 Å². The quantitative estimate of drug-likeness (QED) is 0.825. The lowest BCUT2D eigenvalue weighted by Gasteiger charge is -2.21. The van der Waals surface area contributed by atoms with Crippen molar-refractivity contribution in [2.24, 2.45) is 5.41 Å². The molecule has 3 nitrogen and oxygen atoms in total. The molecule has 1 aliphatic rings. The van der Waals surface area contributed by atoms with Crippen LogP contribution in [-0.2, 0) is 6.54 Å². The first-order valence-corrected chi connectivity index (χ1v) is 5.47. The molecule has 1 N–H and O–H groups in total. The first-order chi connectivity index (χ1) is 7.47. The summed E-state index contributed by atoms with van der Waals surface area (Å²) in [6.07, 6.45) is 2.56. The SMILES string of the molecule is CC1(C)CN(Cc2cncc(F)c2)C[C@H]1O. The normalized spacial score (nSPS) is 24.9. The molecule has 2 heterocycles. The van der Waals surface area contributed by atoms with E-state index in [2.05, 4.69) is 9.88 Å². The maximum absolute atomic E-state index is 12.9. The predicted octanol–water partition coefficient (Wildman–Crippen LogP) is 1.42. The van der Waals surface area contributed by atoms with E-state index < -0.39 is 0 Å². The molecule has 1 atom stereocenters. The number of aromatic nitrogens is 1. The molecule has 1 aromatic heterocycles. The molecule has 0 spiro atoms. The number of nitrogens with zero attached hydrogens (tertiary/aromatic N) is 2. The van der Waals surface area contributed by atoms with Gasteiger partial charge in [0.1, 0.15) is 5.82 Å². The van der Waals surface area contributed by atoms with Crippen LogP contribution < -0.4 is 0 Å². The van der Waals surface area contributed by atoms with Gasteiger partial charge in [-0.15, -0.1) is 0 Å². The Morgan fingerprint density at radius 1 is 1.56 bits per heavy atom. The molecule has 2 rings (SSSR count). The zero-order valence-corrected chi connectivity index (χ0v) is 9.65. The minimum absolute atomic E-state index is 0.0826. The fourth-order valence-electron chi connectivity index (χ4n) is 2.16. The Bertz CT molecular complexity index is 381. The molecular formula is C12H17FN2O. The molecule has 1 aromatic rings. The van der Waals surface area contributed by atoms with E-state index in [1.807, 2.05) is 13.8 Å². The molecule has 16 heavy (non-hydrogen) atoms. The predicted molar refractivity (Wildman–Crippen MR) is 59.3 cm³/mol. The molecule has 0 saturated carbocycles. The van der Waals surface area contributed by atoms with Crippen LogP contribution in [0.3, 0.4) is 0 Å². The van der Waals surface area contributed by atoms with Crippen LogP contribution in [0.2, 0.25) is 0 Å². The summed E-state index contributed by atoms with van der Waals surface area (Å²) < 4.78 is 12.9. The third-order valence-corrected chi connectivity index (χ3v) is 3.13. The van der Waals surface area contributed by atoms with E-state index in [-0.39, 0.29) is 17.3 Å². The van der Waals surface area contributed by atoms with E-state index in [0.717, 1.165) is 12.1 Å². The van der Waals surface area contributed by atoms with Crippen LogP contribution in [0.25, 0.3) is 0 Å². The second-order valence-electron chi connectivity index (χ2n) is 5.19. The number of hydrogen-bond acceptors (Lipinski definition) is 3. The van der Waals surface area contributed by atoms with Gasteiger partial charge in [-0.1, -0.05) is 13.8 Å². The van der Waals surface area contributed by atoms with Gasteiger partial charge in [-0.2, -0.15) is 0 Å². The van der Waals surface area contributed by atoms with Crippen LogP contribution >= 0.6 is 0 Å². The molecule has 0 unspecified atom stereocenters. The summed E-state index contributed by atoms with van der Waals surface area (Å²) >= 11 is 0. The summed E-state index contributed by atoms with van der Waals surface area (Å²) in [4.78, 5) is 5.94. The Morgan fingerprint density at radius 3 is 2.88 bits per heavy atom. The van der Waals surface area contributed by atoms with Crippen LogP contribution in [-0.4, -0.2) is 34.2 Å². The van der Waals surface area contributed by atoms with Crippen molar-refractivity contribution in [2.75, 3.05) is 13.1 Å². The average Bonchev–Trinajstić information content (AvgIpc) is 2.40. The van der Waals surface area contributed by atoms with Crippen LogP contribution in [0.15, 0.2) is 18.5 Å². The number of β-amino-alcohol motifs (C(OH)–C–C–N with tert-alkyl or cyclic N) is 1. The van der Waals surface area contributed by atoms with Crippen molar-refractivity contribution in [3.8, 4) is 0 Å². The van der Waals surface area contributed by atoms with E-state index in [1.54, 1.807) is 6.20 Å². The topological polar surface area (TPSA) is 36.4 Å². The standard InChI is InChI=1S/C12H17FN2O/c1-12(2)8-15(7-11(12)16)6-9-3-10(13)5-14-4-9/h3-5,11,16H,6-8H2,1-2H3/t11-/m1/s1. The van der Waals surface area contributed by atoms with Gasteiger partial charge in [-0.25, -0.2) is 4.39 Å². The molecule has 1 saturated heterocycles. The first-order valence-electron chi connectivity index (χ1n) is 5.47. The van der Waals surface area contributed by atoms with Crippen molar-refractivity contribution in [3.63, 3.8) is 0 Å². The first kappa shape index (κ1) is 11.5. The van der Waals surface area contributed by atoms with Gasteiger partial charge in [0, 0.05) is 31.2 Å². The average molecular weight is 224 g/mol. The molecular weight excluding hydrogens is 207 g/mol. The highest BCUT2D eigenvalue weighted by Gasteiger charge is 2.37. The van der Waals surface area contributed by atoms with Gasteiger partial charge in [0.25, 0.3) is 0 Å². The van der Waals surface area contributed by atoms with Crippen LogP contribution in [0.1, 0.15) is 19.4 Å². The maximum Gasteiger partial charge on any atom is 0.141 e. The summed E-state index contributed by atoms with van der Waals surface area (Å²) in [5.74, 6) is -0.309. The number of halogens is 1. The molecule has 0 bridgehead atoms. The Balaban J connectivity index is 2.02. The van der Waals surface area contributed by atoms with Gasteiger partial charge in [-0.3, -0.25) is 9.88 Å². The molecule has 88 valence electrons. The number of hydrogen-bond donors (Lipinski definition) is 1. The van der Waals surface area contributed by atoms with Gasteiger partial charge in [0.05, 0.1) is 12.3 Å². The third kappa shape index (κ3) is 2.39. The van der Waals surface area contributed by atoms with E-state index in [9.17, 15) is 9.50 Å². The van der Waals surface area contributed by atoms with Gasteiger partial charge in [0.15, 0.2) is 0 Å². The number of likely N-dealkylation sites (tertiary alicyclic amines) is 1. The second-order valence-corrected chi connectivity index (χ2v) is 5.19. The zero-order valence-electron chi connectivity index (χ0n) is 9.65. The molecule has 0 amide bonds. The van der Waals surface area contributed by atoms with Crippen molar-refractivity contribution in [3.05, 3.63) is 29.8 Å². The monoisotopic (exact) mass is 224 g/mol. The third-order valence-electron chi connectivity index (χ3n) is 3.13. The molecule has 0 radical (unpaired) electrons. The highest BCUT2D eigenvalue weighted by Crippen LogP contribution is 2.30. The zero-order chi connectivity index (χ0) is 11.8. The van der Waals surface area contributed by atoms with E-state index in [1.165, 1.54) is 12.3 Å². The molecule has 1 fully saturated rings. The van der Waals surface area contributed by atoms with E-state index in [0.29, 0.717) is 13.1 Å². The number of aliphatic hydroxyl groups excluding tert-OH is 1. The molecule has 1 aliphatic heterocycles. The van der Waals surface area contributed by atoms with E-state index in [4.69, 9.17) is 0 Å². The highest BCUT2D eigenvalue weighted by molar-refractivity contribution is 5.10. The fraction of sp³-hybridized carbons (Fsp3) is 0.583. The van der Waals surface area contributed by atoms with Crippen molar-refractivity contribution in [1.29, 1.82) is 0 Å². The molecule has 0 aliphatic carbocycles. The lowest BCUT2D eigenvalue weighted by atomic mass is 9.90. The molecule has 0 aromatic carbocycles. The maximum atomic E-state index is 12.9. The number of rotatable bonds is 2. The van der Waals surface area contributed by atoms with Crippen LogP contribution in [0, 0.1) is 11.2 Å². The van der Waals surface area contributed by atoms with Crippen molar-refractivity contribution < 1.29 is 9.50 Å². The van der Waals surface area contributed by atoms with Crippen LogP contribution in [0.4, 0.5) is 4.39 Å². The van der Waals surface area contributed by atoms with Crippen molar-refractivity contribution >= 4 is 0 Å². The Labute approximate surface area is 94.9 Å². The highest BCUT2D eigenvalue weighted by atomic mass is 19.1. The Kier molecular flexibility index (Phi) is 2.95. The number of pyridine rings is 1. The summed E-state index contributed by atoms with van der Waals surface area (Å²) in [6.45, 7) is 6.20. The van der Waals surface area contributed by atoms with Crippen molar-refractivity contribution in [1.82, 2.24) is 9.88 Å². The second kappa shape index (κ2) is 4.11. The molecule has 4 heteroatoms. The Hall–Kier alpha value is -1.00. The fourth-order valence-corrected chi connectivity index (χ4v) is 2.16. The largest absolute Gasteiger partial charge is 0.391 e. The Morgan fingerprint density at radius 2 is 2.31 bits per heavy atom. The lowest BCUT2D eigenvalue weighted by molar-refractivity contribution is 0.0954. The number of aliphatic hydroxyl groups is 1. The summed E-state index contributed by atoms with van der Waals surface area (Å²) in [6, 6.07) is 1.49. The van der Waals surface area contributed by atoms with Crippen molar-refractivity contribution in [2.45, 2.75) is 26.5 Å². The van der Waals surface area contributed by atoms with Gasteiger partial charge in [-0.05, 0) is 11.6 Å². The van der Waals surface area contributed by atoms with Crippen LogP contribution in [0.5, 0.6) is 0 Å². The smallest absolute Gasteiger partial charge is 0.141 e. The minimum atomic E-state index is -0.311. The van der Waals surface area contributed by atoms with Gasteiger partial charge in [0.2, 0.25) is 0 Å². The lowest BCUT2D eigenvalue weighted by Crippen LogP contribution is -2.26. The van der Waals surface area contributed by atoms with E-state index >= 15 is 0 Å². The summed E-state index contributed by atoms with van der Waals surface area (Å²) in [5, 5.41) is 9.83. The van der Waals surface area contributed by atoms with Gasteiger partial charge >= 0.3 is 0 Å².